The van der Waals surface area contributed by atoms with Gasteiger partial charge in [-0.2, -0.15) is 0 Å². The lowest BCUT2D eigenvalue weighted by Crippen LogP contribution is -2.18. The number of unbranched alkanes of at least 4 members (excludes halogenated alkanes) is 6. The third kappa shape index (κ3) is 9.83. The van der Waals surface area contributed by atoms with Crippen molar-refractivity contribution in [3.63, 3.8) is 0 Å². The maximum absolute atomic E-state index is 3.73. The lowest BCUT2D eigenvalue weighted by Gasteiger charge is -2.24. The summed E-state index contributed by atoms with van der Waals surface area (Å²) in [4.78, 5) is 0. The van der Waals surface area contributed by atoms with Crippen molar-refractivity contribution in [2.24, 2.45) is 11.8 Å². The Morgan fingerprint density at radius 1 is 0.611 bits per heavy atom. The first-order valence-corrected chi connectivity index (χ1v) is 10.2. The van der Waals surface area contributed by atoms with Gasteiger partial charge in [0.25, 0.3) is 0 Å². The van der Waals surface area contributed by atoms with Crippen LogP contribution in [0.2, 0.25) is 0 Å². The van der Waals surface area contributed by atoms with Crippen LogP contribution in [0.15, 0.2) is 0 Å². The molecule has 0 fully saturated rings. The molecule has 0 aliphatic rings. The molecular weight excluding hydrogens is 352 g/mol. The lowest BCUT2D eigenvalue weighted by molar-refractivity contribution is 0.337. The van der Waals surface area contributed by atoms with Gasteiger partial charge in [0.1, 0.15) is 0 Å². The van der Waals surface area contributed by atoms with Gasteiger partial charge in [0.05, 0.1) is 0 Å². The summed E-state index contributed by atoms with van der Waals surface area (Å²) in [5, 5.41) is 2.37. The fourth-order valence-corrected chi connectivity index (χ4v) is 4.25. The number of alkyl halides is 2. The van der Waals surface area contributed by atoms with Crippen LogP contribution < -0.4 is 0 Å². The second-order valence-electron chi connectivity index (χ2n) is 5.53. The third-order valence-electron chi connectivity index (χ3n) is 3.92. The van der Waals surface area contributed by atoms with Crippen LogP contribution in [0.25, 0.3) is 0 Å². The highest BCUT2D eigenvalue weighted by Crippen LogP contribution is 2.28. The van der Waals surface area contributed by atoms with E-state index < -0.39 is 0 Å². The first-order chi connectivity index (χ1) is 8.79. The molecule has 0 aromatic rings. The minimum Gasteiger partial charge on any atom is -0.0925 e. The summed E-state index contributed by atoms with van der Waals surface area (Å²) in [5.74, 6) is 1.76. The Hall–Kier alpha value is 0.960. The minimum absolute atomic E-state index is 0.878. The first-order valence-electron chi connectivity index (χ1n) is 7.92. The molecule has 18 heavy (non-hydrogen) atoms. The molecule has 0 rings (SSSR count). The van der Waals surface area contributed by atoms with Crippen LogP contribution in [0.4, 0.5) is 0 Å². The Bertz CT molecular complexity index is 141. The number of halogens is 2. The predicted octanol–water partition coefficient (Wildman–Crippen LogP) is 6.95. The molecule has 0 spiro atoms. The Kier molecular flexibility index (Phi) is 15.1. The molecule has 0 N–H and O–H groups in total. The van der Waals surface area contributed by atoms with Gasteiger partial charge in [-0.05, 0) is 24.7 Å². The maximum Gasteiger partial charge on any atom is 0.00626 e. The van der Waals surface area contributed by atoms with Gasteiger partial charge in [-0.3, -0.25) is 0 Å². The normalized spacial score (nSPS) is 14.7. The number of hydrogen-bond donors (Lipinski definition) is 0. The highest BCUT2D eigenvalue weighted by molar-refractivity contribution is 9.09. The van der Waals surface area contributed by atoms with Crippen LogP contribution in [0, 0.1) is 11.8 Å². The van der Waals surface area contributed by atoms with Crippen LogP contribution in [0.3, 0.4) is 0 Å². The highest BCUT2D eigenvalue weighted by atomic mass is 79.9. The molecule has 0 heterocycles. The SMILES string of the molecule is CCCCCCC(CBr)C(CBr)CCCCCC. The van der Waals surface area contributed by atoms with E-state index in [1.54, 1.807) is 0 Å². The standard InChI is InChI=1S/C16H32Br2/c1-3-5-7-9-11-15(13-17)16(14-18)12-10-8-6-4-2/h15-16H,3-14H2,1-2H3. The van der Waals surface area contributed by atoms with Crippen LogP contribution in [-0.2, 0) is 0 Å². The summed E-state index contributed by atoms with van der Waals surface area (Å²) in [7, 11) is 0. The molecule has 110 valence electrons. The second kappa shape index (κ2) is 14.4. The van der Waals surface area contributed by atoms with Gasteiger partial charge in [0, 0.05) is 10.7 Å². The van der Waals surface area contributed by atoms with Crippen molar-refractivity contribution in [3.8, 4) is 0 Å². The molecule has 0 bridgehead atoms. The summed E-state index contributed by atoms with van der Waals surface area (Å²) in [6, 6.07) is 0. The molecule has 0 aliphatic carbocycles. The van der Waals surface area contributed by atoms with Crippen molar-refractivity contribution >= 4 is 31.9 Å². The molecule has 0 aromatic carbocycles. The molecule has 2 unspecified atom stereocenters. The zero-order chi connectivity index (χ0) is 13.6. The summed E-state index contributed by atoms with van der Waals surface area (Å²) in [5.41, 5.74) is 0. The largest absolute Gasteiger partial charge is 0.0925 e. The molecule has 0 saturated heterocycles. The van der Waals surface area contributed by atoms with E-state index in [-0.39, 0.29) is 0 Å². The monoisotopic (exact) mass is 382 g/mol. The summed E-state index contributed by atoms with van der Waals surface area (Å²) >= 11 is 7.46. The summed E-state index contributed by atoms with van der Waals surface area (Å²) in [6.45, 7) is 4.58. The van der Waals surface area contributed by atoms with Crippen LogP contribution >= 0.6 is 31.9 Å². The van der Waals surface area contributed by atoms with Crippen molar-refractivity contribution < 1.29 is 0 Å². The molecule has 2 atom stereocenters. The quantitative estimate of drug-likeness (QED) is 0.238. The number of rotatable bonds is 13. The van der Waals surface area contributed by atoms with E-state index in [4.69, 9.17) is 0 Å². The van der Waals surface area contributed by atoms with E-state index in [0.717, 1.165) is 11.8 Å². The van der Waals surface area contributed by atoms with E-state index in [0.29, 0.717) is 0 Å². The van der Waals surface area contributed by atoms with Gasteiger partial charge in [-0.25, -0.2) is 0 Å². The van der Waals surface area contributed by atoms with Gasteiger partial charge in [0.15, 0.2) is 0 Å². The molecule has 2 heteroatoms. The summed E-state index contributed by atoms with van der Waals surface area (Å²) in [6.07, 6.45) is 14.0. The lowest BCUT2D eigenvalue weighted by atomic mass is 9.86. The van der Waals surface area contributed by atoms with Crippen molar-refractivity contribution in [1.82, 2.24) is 0 Å². The smallest absolute Gasteiger partial charge is 0.00626 e. The van der Waals surface area contributed by atoms with E-state index in [1.165, 1.54) is 74.9 Å². The molecule has 0 aliphatic heterocycles. The maximum atomic E-state index is 3.73. The predicted molar refractivity (Wildman–Crippen MR) is 92.1 cm³/mol. The fraction of sp³-hybridized carbons (Fsp3) is 1.00. The van der Waals surface area contributed by atoms with Gasteiger partial charge in [-0.1, -0.05) is 97.1 Å². The topological polar surface area (TPSA) is 0 Å². The van der Waals surface area contributed by atoms with Crippen LogP contribution in [0.1, 0.15) is 78.1 Å². The van der Waals surface area contributed by atoms with Gasteiger partial charge in [0.2, 0.25) is 0 Å². The van der Waals surface area contributed by atoms with E-state index in [9.17, 15) is 0 Å². The Morgan fingerprint density at radius 3 is 1.28 bits per heavy atom. The zero-order valence-corrected chi connectivity index (χ0v) is 15.6. The van der Waals surface area contributed by atoms with E-state index in [1.807, 2.05) is 0 Å². The second-order valence-corrected chi connectivity index (χ2v) is 6.82. The Balaban J connectivity index is 3.82. The van der Waals surface area contributed by atoms with Gasteiger partial charge in [-0.15, -0.1) is 0 Å². The number of hydrogen-bond acceptors (Lipinski definition) is 0. The molecular formula is C16H32Br2. The molecule has 0 amide bonds. The Morgan fingerprint density at radius 2 is 1.00 bits per heavy atom. The van der Waals surface area contributed by atoms with Gasteiger partial charge < -0.3 is 0 Å². The van der Waals surface area contributed by atoms with Crippen molar-refractivity contribution in [1.29, 1.82) is 0 Å². The van der Waals surface area contributed by atoms with E-state index in [2.05, 4.69) is 45.7 Å². The average Bonchev–Trinajstić information content (AvgIpc) is 2.40. The van der Waals surface area contributed by atoms with E-state index >= 15 is 0 Å². The van der Waals surface area contributed by atoms with Crippen molar-refractivity contribution in [2.45, 2.75) is 78.1 Å². The molecule has 0 nitrogen and oxygen atoms in total. The third-order valence-corrected chi connectivity index (χ3v) is 5.58. The van der Waals surface area contributed by atoms with Crippen LogP contribution in [-0.4, -0.2) is 10.7 Å². The van der Waals surface area contributed by atoms with Gasteiger partial charge >= 0.3 is 0 Å². The van der Waals surface area contributed by atoms with Crippen molar-refractivity contribution in [3.05, 3.63) is 0 Å². The molecule has 0 saturated carbocycles. The fourth-order valence-electron chi connectivity index (χ4n) is 2.54. The zero-order valence-electron chi connectivity index (χ0n) is 12.4. The minimum atomic E-state index is 0.878. The van der Waals surface area contributed by atoms with Crippen LogP contribution in [0.5, 0.6) is 0 Å². The average molecular weight is 384 g/mol. The molecule has 0 radical (unpaired) electrons. The first kappa shape index (κ1) is 19.0. The van der Waals surface area contributed by atoms with Crippen molar-refractivity contribution in [2.75, 3.05) is 10.7 Å². The molecule has 0 aromatic heterocycles. The summed E-state index contributed by atoms with van der Waals surface area (Å²) < 4.78 is 0. The highest BCUT2D eigenvalue weighted by Gasteiger charge is 2.18. The Labute approximate surface area is 132 Å².